The molecule has 0 amide bonds. The highest BCUT2D eigenvalue weighted by Crippen LogP contribution is 2.44. The monoisotopic (exact) mass is 440 g/mol. The summed E-state index contributed by atoms with van der Waals surface area (Å²) in [4.78, 5) is 26.9. The third-order valence-electron chi connectivity index (χ3n) is 8.17. The van der Waals surface area contributed by atoms with Crippen LogP contribution >= 0.6 is 0 Å². The first-order valence-electron chi connectivity index (χ1n) is 13.0. The van der Waals surface area contributed by atoms with Gasteiger partial charge < -0.3 is 9.47 Å². The summed E-state index contributed by atoms with van der Waals surface area (Å²) in [5.74, 6) is 1.28. The zero-order valence-corrected chi connectivity index (χ0v) is 19.7. The van der Waals surface area contributed by atoms with E-state index in [0.29, 0.717) is 24.9 Å². The van der Waals surface area contributed by atoms with Gasteiger partial charge in [-0.3, -0.25) is 9.59 Å². The van der Waals surface area contributed by atoms with Crippen LogP contribution in [0.2, 0.25) is 0 Å². The van der Waals surface area contributed by atoms with E-state index in [9.17, 15) is 9.59 Å². The molecule has 0 aromatic rings. The van der Waals surface area contributed by atoms with Crippen molar-refractivity contribution in [3.05, 3.63) is 36.1 Å². The van der Waals surface area contributed by atoms with Crippen LogP contribution in [0.1, 0.15) is 84.0 Å². The molecule has 4 unspecified atom stereocenters. The first-order valence-corrected chi connectivity index (χ1v) is 13.0. The van der Waals surface area contributed by atoms with Crippen LogP contribution in [0.15, 0.2) is 36.1 Å². The molecule has 4 rings (SSSR count). The van der Waals surface area contributed by atoms with E-state index in [0.717, 1.165) is 30.6 Å². The van der Waals surface area contributed by atoms with Gasteiger partial charge in [0.15, 0.2) is 11.6 Å². The molecule has 0 N–H and O–H groups in total. The lowest BCUT2D eigenvalue weighted by atomic mass is 9.69. The lowest BCUT2D eigenvalue weighted by Crippen LogP contribution is -2.53. The lowest BCUT2D eigenvalue weighted by molar-refractivity contribution is -0.151. The highest BCUT2D eigenvalue weighted by molar-refractivity contribution is 6.00. The van der Waals surface area contributed by atoms with Gasteiger partial charge in [0.1, 0.15) is 11.9 Å². The Morgan fingerprint density at radius 1 is 1.03 bits per heavy atom. The summed E-state index contributed by atoms with van der Waals surface area (Å²) in [5, 5.41) is 0. The van der Waals surface area contributed by atoms with Gasteiger partial charge in [-0.1, -0.05) is 50.7 Å². The second kappa shape index (κ2) is 11.0. The molecule has 0 aromatic carbocycles. The maximum Gasteiger partial charge on any atom is 0.168 e. The van der Waals surface area contributed by atoms with Gasteiger partial charge in [-0.25, -0.2) is 0 Å². The number of ketones is 2. The molecule has 32 heavy (non-hydrogen) atoms. The Labute approximate surface area is 193 Å². The van der Waals surface area contributed by atoms with Crippen LogP contribution in [-0.2, 0) is 19.1 Å². The van der Waals surface area contributed by atoms with Crippen molar-refractivity contribution in [1.29, 1.82) is 0 Å². The normalized spacial score (nSPS) is 32.6. The number of carbonyl (C=O) groups excluding carboxylic acids is 2. The molecule has 4 heteroatoms. The van der Waals surface area contributed by atoms with Crippen molar-refractivity contribution >= 4 is 11.6 Å². The highest BCUT2D eigenvalue weighted by Gasteiger charge is 2.51. The number of hydrogen-bond donors (Lipinski definition) is 0. The van der Waals surface area contributed by atoms with Crippen LogP contribution in [0.25, 0.3) is 0 Å². The Bertz CT molecular complexity index is 751. The quantitative estimate of drug-likeness (QED) is 0.354. The van der Waals surface area contributed by atoms with Crippen LogP contribution < -0.4 is 0 Å². The number of rotatable bonds is 7. The predicted octanol–water partition coefficient (Wildman–Crippen LogP) is 6.11. The van der Waals surface area contributed by atoms with Crippen molar-refractivity contribution in [2.24, 2.45) is 23.7 Å². The van der Waals surface area contributed by atoms with E-state index in [4.69, 9.17) is 9.47 Å². The predicted molar refractivity (Wildman–Crippen MR) is 126 cm³/mol. The van der Waals surface area contributed by atoms with Gasteiger partial charge in [0.05, 0.1) is 24.5 Å². The SMILES string of the molecule is C=CCOC1CCC2C(=O)C(C)=C(C3CCCCC3)OC2C1C(=O)/C=C/C1CCCCC1. The topological polar surface area (TPSA) is 52.6 Å². The maximum atomic E-state index is 13.5. The van der Waals surface area contributed by atoms with Crippen LogP contribution in [0.5, 0.6) is 0 Å². The Hall–Kier alpha value is -1.68. The summed E-state index contributed by atoms with van der Waals surface area (Å²) in [5.41, 5.74) is 0.799. The Morgan fingerprint density at radius 3 is 2.41 bits per heavy atom. The number of ether oxygens (including phenoxy) is 2. The van der Waals surface area contributed by atoms with E-state index in [2.05, 4.69) is 12.7 Å². The molecule has 176 valence electrons. The van der Waals surface area contributed by atoms with Crippen molar-refractivity contribution in [2.45, 2.75) is 96.2 Å². The molecule has 4 aliphatic rings. The minimum Gasteiger partial charge on any atom is -0.492 e. The summed E-state index contributed by atoms with van der Waals surface area (Å²) in [6.07, 6.45) is 18.3. The molecule has 4 nitrogen and oxygen atoms in total. The highest BCUT2D eigenvalue weighted by atomic mass is 16.5. The van der Waals surface area contributed by atoms with Crippen molar-refractivity contribution in [1.82, 2.24) is 0 Å². The van der Waals surface area contributed by atoms with Crippen LogP contribution in [0.3, 0.4) is 0 Å². The summed E-state index contributed by atoms with van der Waals surface area (Å²) < 4.78 is 12.7. The van der Waals surface area contributed by atoms with Crippen molar-refractivity contribution in [2.75, 3.05) is 6.61 Å². The smallest absolute Gasteiger partial charge is 0.168 e. The minimum atomic E-state index is -0.427. The molecule has 1 aliphatic heterocycles. The summed E-state index contributed by atoms with van der Waals surface area (Å²) in [6, 6.07) is 0. The summed E-state index contributed by atoms with van der Waals surface area (Å²) in [7, 11) is 0. The van der Waals surface area contributed by atoms with E-state index in [-0.39, 0.29) is 23.6 Å². The fraction of sp³-hybridized carbons (Fsp3) is 0.714. The van der Waals surface area contributed by atoms with Crippen LogP contribution in [0, 0.1) is 23.7 Å². The first kappa shape index (κ1) is 23.5. The van der Waals surface area contributed by atoms with Crippen LogP contribution in [0.4, 0.5) is 0 Å². The third kappa shape index (κ3) is 5.11. The van der Waals surface area contributed by atoms with E-state index >= 15 is 0 Å². The fourth-order valence-corrected chi connectivity index (χ4v) is 6.38. The molecule has 1 heterocycles. The molecule has 0 spiro atoms. The van der Waals surface area contributed by atoms with Crippen molar-refractivity contribution in [3.8, 4) is 0 Å². The molecular weight excluding hydrogens is 400 g/mol. The second-order valence-corrected chi connectivity index (χ2v) is 10.3. The number of carbonyl (C=O) groups is 2. The molecule has 0 aromatic heterocycles. The van der Waals surface area contributed by atoms with Gasteiger partial charge >= 0.3 is 0 Å². The Morgan fingerprint density at radius 2 is 1.72 bits per heavy atom. The molecule has 0 bridgehead atoms. The van der Waals surface area contributed by atoms with Gasteiger partial charge in [-0.05, 0) is 57.4 Å². The summed E-state index contributed by atoms with van der Waals surface area (Å²) >= 11 is 0. The van der Waals surface area contributed by atoms with E-state index in [1.165, 1.54) is 51.4 Å². The molecule has 0 radical (unpaired) electrons. The van der Waals surface area contributed by atoms with Crippen molar-refractivity contribution < 1.29 is 19.1 Å². The Balaban J connectivity index is 1.58. The number of fused-ring (bicyclic) bond motifs is 1. The third-order valence-corrected chi connectivity index (χ3v) is 8.17. The average molecular weight is 441 g/mol. The van der Waals surface area contributed by atoms with Gasteiger partial charge in [0, 0.05) is 11.5 Å². The van der Waals surface area contributed by atoms with Gasteiger partial charge in [0.25, 0.3) is 0 Å². The summed E-state index contributed by atoms with van der Waals surface area (Å²) in [6.45, 7) is 6.12. The number of allylic oxidation sites excluding steroid dienone is 4. The van der Waals surface area contributed by atoms with E-state index in [1.807, 2.05) is 6.92 Å². The molecule has 0 saturated heterocycles. The standard InChI is InChI=1S/C28H40O4/c1-3-18-31-24-17-15-22-26(30)19(2)27(21-12-8-5-9-13-21)32-28(22)25(24)23(29)16-14-20-10-6-4-7-11-20/h3,14,16,20-22,24-25,28H,1,4-13,15,17-18H2,2H3/b16-14+. The number of Topliss-reactive ketones (excluding diaryl/α,β-unsaturated/α-hetero) is 1. The van der Waals surface area contributed by atoms with Crippen molar-refractivity contribution in [3.63, 3.8) is 0 Å². The maximum absolute atomic E-state index is 13.5. The zero-order valence-electron chi connectivity index (χ0n) is 19.7. The zero-order chi connectivity index (χ0) is 22.5. The molecule has 3 fully saturated rings. The van der Waals surface area contributed by atoms with Gasteiger partial charge in [-0.15, -0.1) is 6.58 Å². The molecular formula is C28H40O4. The fourth-order valence-electron chi connectivity index (χ4n) is 6.38. The van der Waals surface area contributed by atoms with E-state index in [1.54, 1.807) is 12.2 Å². The first-order chi connectivity index (χ1) is 15.6. The molecule has 4 atom stereocenters. The Kier molecular flexibility index (Phi) is 8.04. The average Bonchev–Trinajstić information content (AvgIpc) is 2.84. The molecule has 3 saturated carbocycles. The second-order valence-electron chi connectivity index (χ2n) is 10.3. The van der Waals surface area contributed by atoms with Gasteiger partial charge in [0.2, 0.25) is 0 Å². The van der Waals surface area contributed by atoms with Crippen LogP contribution in [-0.4, -0.2) is 30.4 Å². The lowest BCUT2D eigenvalue weighted by Gasteiger charge is -2.45. The van der Waals surface area contributed by atoms with E-state index < -0.39 is 12.0 Å². The van der Waals surface area contributed by atoms with Gasteiger partial charge in [-0.2, -0.15) is 0 Å². The number of hydrogen-bond acceptors (Lipinski definition) is 4. The largest absolute Gasteiger partial charge is 0.492 e. The molecule has 3 aliphatic carbocycles. The minimum absolute atomic E-state index is 0.0645.